The van der Waals surface area contributed by atoms with Gasteiger partial charge in [0, 0.05) is 0 Å². The average Bonchev–Trinajstić information content (AvgIpc) is 2.74. The monoisotopic (exact) mass is 615 g/mol. The molecule has 0 unspecified atom stereocenters. The van der Waals surface area contributed by atoms with Crippen LogP contribution in [0.5, 0.6) is 0 Å². The molecule has 0 aromatic carbocycles. The molecule has 0 aromatic rings. The van der Waals surface area contributed by atoms with Crippen molar-refractivity contribution in [3.63, 3.8) is 0 Å². The van der Waals surface area contributed by atoms with Crippen molar-refractivity contribution in [3.05, 3.63) is 0 Å². The second-order valence-electron chi connectivity index (χ2n) is 8.12. The van der Waals surface area contributed by atoms with Crippen molar-refractivity contribution < 1.29 is 5.11 Å². The molecule has 0 rings (SSSR count). The van der Waals surface area contributed by atoms with Gasteiger partial charge in [-0.3, -0.25) is 0 Å². The fraction of sp³-hybridized carbons (Fsp3) is 1.00. The van der Waals surface area contributed by atoms with Crippen molar-refractivity contribution in [1.29, 1.82) is 0 Å². The maximum Gasteiger partial charge on any atom is 0.133 e. The third kappa shape index (κ3) is 29.8. The van der Waals surface area contributed by atoms with Gasteiger partial charge in [0.2, 0.25) is 0 Å². The van der Waals surface area contributed by atoms with E-state index < -0.39 is 39.5 Å². The smallest absolute Gasteiger partial charge is 0.133 e. The standard InChI is InChI=1S/6C4H9.CH4O.2Sn/c6*1-3-4-2;1-2;;/h6*1,3-4H2,2H3;2H,1H3;;/p+1. The van der Waals surface area contributed by atoms with Crippen LogP contribution in [0.1, 0.15) is 119 Å². The largest absolute Gasteiger partial charge is 0.448 e. The molecule has 172 valence electrons. The van der Waals surface area contributed by atoms with Gasteiger partial charge in [-0.05, 0) is 0 Å². The number of rotatable bonds is 18. The van der Waals surface area contributed by atoms with Crippen LogP contribution in [0.15, 0.2) is 0 Å². The maximum absolute atomic E-state index is 5.75. The molecule has 0 bridgehead atoms. The zero-order valence-electron chi connectivity index (χ0n) is 21.2. The Bertz CT molecular complexity index is 175. The summed E-state index contributed by atoms with van der Waals surface area (Å²) in [5.41, 5.74) is 0. The minimum atomic E-state index is -0.839. The van der Waals surface area contributed by atoms with Crippen LogP contribution in [0.25, 0.3) is 0 Å². The fourth-order valence-corrected chi connectivity index (χ4v) is 22.2. The molecule has 0 aliphatic rings. The van der Waals surface area contributed by atoms with E-state index >= 15 is 0 Å². The van der Waals surface area contributed by atoms with Gasteiger partial charge in [-0.25, -0.2) is 0 Å². The minimum absolute atomic E-state index is 0.839. The Morgan fingerprint density at radius 3 is 0.607 bits per heavy atom. The number of hydrogen-bond acceptors (Lipinski definition) is 0. The van der Waals surface area contributed by atoms with Gasteiger partial charge in [0.05, 0.1) is 0 Å². The van der Waals surface area contributed by atoms with Crippen LogP contribution in [0.4, 0.5) is 0 Å². The van der Waals surface area contributed by atoms with Gasteiger partial charge in [-0.1, -0.05) is 0 Å². The minimum Gasteiger partial charge on any atom is -0.448 e. The van der Waals surface area contributed by atoms with Crippen molar-refractivity contribution in [2.75, 3.05) is 7.11 Å². The molecule has 0 aliphatic heterocycles. The van der Waals surface area contributed by atoms with E-state index in [1.54, 1.807) is 26.6 Å². The van der Waals surface area contributed by atoms with E-state index in [1.165, 1.54) is 84.2 Å². The molecule has 0 saturated carbocycles. The van der Waals surface area contributed by atoms with E-state index in [0.29, 0.717) is 0 Å². The zero-order valence-corrected chi connectivity index (χ0v) is 26.9. The molecule has 28 heavy (non-hydrogen) atoms. The molecule has 3 heteroatoms. The van der Waals surface area contributed by atoms with Crippen molar-refractivity contribution in [2.45, 2.75) is 145 Å². The third-order valence-corrected chi connectivity index (χ3v) is 23.5. The van der Waals surface area contributed by atoms with Gasteiger partial charge >= 0.3 is 185 Å². The predicted octanol–water partition coefficient (Wildman–Crippen LogP) is 9.10. The van der Waals surface area contributed by atoms with Gasteiger partial charge < -0.3 is 5.11 Å². The van der Waals surface area contributed by atoms with E-state index in [0.717, 1.165) is 0 Å². The Kier molecular flexibility index (Phi) is 40.5. The molecule has 0 amide bonds. The first-order valence-corrected chi connectivity index (χ1v) is 25.0. The van der Waals surface area contributed by atoms with Crippen LogP contribution in [0.3, 0.4) is 0 Å². The molecule has 0 aromatic heterocycles. The molecule has 0 fully saturated rings. The molecule has 0 spiro atoms. The molecular formula is C25H59OSn2+. The molecule has 2 radical (unpaired) electrons. The SMILES string of the molecule is CCC[CH2][Sn]([CH2]CCC)[CH2]CCC.CCC[CH2][Sn]([CH2]CCC)[CH2]CCC.C[OH2+]. The predicted molar refractivity (Wildman–Crippen MR) is 139 cm³/mol. The van der Waals surface area contributed by atoms with Crippen LogP contribution < -0.4 is 0 Å². The van der Waals surface area contributed by atoms with E-state index in [1.807, 2.05) is 0 Å². The van der Waals surface area contributed by atoms with Crippen molar-refractivity contribution >= 4 is 39.5 Å². The van der Waals surface area contributed by atoms with Gasteiger partial charge in [-0.15, -0.1) is 0 Å². The normalized spacial score (nSPS) is 10.5. The first-order valence-electron chi connectivity index (χ1n) is 12.9. The average molecular weight is 613 g/mol. The second kappa shape index (κ2) is 33.2. The van der Waals surface area contributed by atoms with Crippen LogP contribution in [0, 0.1) is 0 Å². The van der Waals surface area contributed by atoms with Crippen molar-refractivity contribution in [3.8, 4) is 0 Å². The quantitative estimate of drug-likeness (QED) is 0.109. The summed E-state index contributed by atoms with van der Waals surface area (Å²) in [6, 6.07) is 0. The Hall–Kier alpha value is 1.56. The summed E-state index contributed by atoms with van der Waals surface area (Å²) in [6.07, 6.45) is 17.7. The van der Waals surface area contributed by atoms with Crippen molar-refractivity contribution in [1.82, 2.24) is 0 Å². The second-order valence-corrected chi connectivity index (χ2v) is 25.2. The van der Waals surface area contributed by atoms with Crippen LogP contribution in [-0.4, -0.2) is 51.7 Å². The van der Waals surface area contributed by atoms with Gasteiger partial charge in [0.25, 0.3) is 0 Å². The molecule has 0 saturated heterocycles. The summed E-state index contributed by atoms with van der Waals surface area (Å²) >= 11 is -1.68. The zero-order chi connectivity index (χ0) is 21.9. The molecular weight excluding hydrogens is 554 g/mol. The van der Waals surface area contributed by atoms with E-state index in [2.05, 4.69) is 41.5 Å². The van der Waals surface area contributed by atoms with Gasteiger partial charge in [0.15, 0.2) is 0 Å². The summed E-state index contributed by atoms with van der Waals surface area (Å²) in [5, 5.41) is 5.75. The first-order chi connectivity index (χ1) is 13.7. The molecule has 0 aliphatic carbocycles. The van der Waals surface area contributed by atoms with E-state index in [4.69, 9.17) is 5.11 Å². The fourth-order valence-electron chi connectivity index (χ4n) is 3.31. The third-order valence-electron chi connectivity index (χ3n) is 5.30. The summed E-state index contributed by atoms with van der Waals surface area (Å²) < 4.78 is 10.1. The summed E-state index contributed by atoms with van der Waals surface area (Å²) in [4.78, 5) is 0. The number of unbranched alkanes of at least 4 members (excludes halogenated alkanes) is 6. The topological polar surface area (TPSA) is 22.9 Å². The van der Waals surface area contributed by atoms with Crippen LogP contribution in [-0.2, 0) is 0 Å². The maximum atomic E-state index is 5.75. The molecule has 0 atom stereocenters. The Morgan fingerprint density at radius 1 is 0.357 bits per heavy atom. The van der Waals surface area contributed by atoms with E-state index in [9.17, 15) is 0 Å². The summed E-state index contributed by atoms with van der Waals surface area (Å²) in [6.45, 7) is 14.0. The number of hydrogen-bond donors (Lipinski definition) is 0. The van der Waals surface area contributed by atoms with Gasteiger partial charge in [0.1, 0.15) is 7.11 Å². The Labute approximate surface area is 195 Å². The summed E-state index contributed by atoms with van der Waals surface area (Å²) in [7, 11) is 1.25. The molecule has 2 N–H and O–H groups in total. The van der Waals surface area contributed by atoms with Gasteiger partial charge in [-0.2, -0.15) is 0 Å². The molecule has 0 heterocycles. The van der Waals surface area contributed by atoms with E-state index in [-0.39, 0.29) is 0 Å². The first kappa shape index (κ1) is 34.2. The van der Waals surface area contributed by atoms with Crippen LogP contribution in [0.2, 0.25) is 26.6 Å². The molecule has 1 nitrogen and oxygen atoms in total. The Morgan fingerprint density at radius 2 is 0.500 bits per heavy atom. The summed E-state index contributed by atoms with van der Waals surface area (Å²) in [5.74, 6) is 0. The van der Waals surface area contributed by atoms with Crippen LogP contribution >= 0.6 is 0 Å². The Balaban J connectivity index is -0.000000410. The van der Waals surface area contributed by atoms with Crippen molar-refractivity contribution in [2.24, 2.45) is 0 Å².